The summed E-state index contributed by atoms with van der Waals surface area (Å²) in [6.07, 6.45) is 1.33. The maximum atomic E-state index is 12.4. The summed E-state index contributed by atoms with van der Waals surface area (Å²) in [7, 11) is -3.05. The molecule has 0 aliphatic heterocycles. The number of methoxy groups -OCH3 is 1. The maximum absolute atomic E-state index is 12.4. The standard InChI is InChI=1S/C14H11N5O6S/c1-24-14-6-5-12(8-13(14)19(20)21)26(22,23)25-11-4-2-3-10(7-11)18-9-15-16-17-18/h2-9H,1H3. The van der Waals surface area contributed by atoms with Crippen molar-refractivity contribution in [2.75, 3.05) is 7.11 Å². The highest BCUT2D eigenvalue weighted by Crippen LogP contribution is 2.30. The summed E-state index contributed by atoms with van der Waals surface area (Å²) < 4.78 is 36.1. The van der Waals surface area contributed by atoms with Crippen molar-refractivity contribution in [2.45, 2.75) is 4.90 Å². The molecular weight excluding hydrogens is 366 g/mol. The lowest BCUT2D eigenvalue weighted by molar-refractivity contribution is -0.386. The first-order chi connectivity index (χ1) is 12.4. The molecule has 3 aromatic rings. The van der Waals surface area contributed by atoms with Crippen LogP contribution in [0.15, 0.2) is 53.7 Å². The molecule has 0 atom stereocenters. The van der Waals surface area contributed by atoms with E-state index in [9.17, 15) is 18.5 Å². The predicted octanol–water partition coefficient (Wildman–Crippen LogP) is 1.35. The van der Waals surface area contributed by atoms with E-state index in [1.165, 1.54) is 36.3 Å². The lowest BCUT2D eigenvalue weighted by Gasteiger charge is -2.09. The molecule has 0 saturated heterocycles. The quantitative estimate of drug-likeness (QED) is 0.353. The second kappa shape index (κ2) is 6.76. The van der Waals surface area contributed by atoms with E-state index in [0.29, 0.717) is 5.69 Å². The van der Waals surface area contributed by atoms with Gasteiger partial charge in [-0.3, -0.25) is 10.1 Å². The minimum Gasteiger partial charge on any atom is -0.490 e. The van der Waals surface area contributed by atoms with Gasteiger partial charge in [0.15, 0.2) is 5.75 Å². The topological polar surface area (TPSA) is 139 Å². The van der Waals surface area contributed by atoms with Crippen LogP contribution in [0, 0.1) is 10.1 Å². The molecule has 0 spiro atoms. The second-order valence-electron chi connectivity index (χ2n) is 4.88. The van der Waals surface area contributed by atoms with Crippen LogP contribution in [0.2, 0.25) is 0 Å². The highest BCUT2D eigenvalue weighted by Gasteiger charge is 2.23. The van der Waals surface area contributed by atoms with E-state index in [1.54, 1.807) is 12.1 Å². The van der Waals surface area contributed by atoms with Gasteiger partial charge < -0.3 is 8.92 Å². The van der Waals surface area contributed by atoms with E-state index in [0.717, 1.165) is 12.1 Å². The molecule has 0 unspecified atom stereocenters. The first-order valence-electron chi connectivity index (χ1n) is 7.01. The van der Waals surface area contributed by atoms with Gasteiger partial charge in [-0.2, -0.15) is 8.42 Å². The average molecular weight is 377 g/mol. The highest BCUT2D eigenvalue weighted by atomic mass is 32.2. The summed E-state index contributed by atoms with van der Waals surface area (Å²) in [5, 5.41) is 21.7. The molecule has 26 heavy (non-hydrogen) atoms. The number of benzene rings is 2. The van der Waals surface area contributed by atoms with Crippen molar-refractivity contribution in [3.8, 4) is 17.2 Å². The van der Waals surface area contributed by atoms with Gasteiger partial charge in [-0.15, -0.1) is 5.10 Å². The molecule has 11 nitrogen and oxygen atoms in total. The number of hydrogen-bond acceptors (Lipinski definition) is 9. The Morgan fingerprint density at radius 1 is 1.19 bits per heavy atom. The third-order valence-electron chi connectivity index (χ3n) is 3.27. The van der Waals surface area contributed by atoms with Gasteiger partial charge in [0.1, 0.15) is 17.0 Å². The van der Waals surface area contributed by atoms with E-state index in [1.807, 2.05) is 0 Å². The number of nitro groups is 1. The highest BCUT2D eigenvalue weighted by molar-refractivity contribution is 7.87. The molecular formula is C14H11N5O6S. The van der Waals surface area contributed by atoms with Crippen LogP contribution in [-0.4, -0.2) is 40.7 Å². The Balaban J connectivity index is 1.94. The number of nitro benzene ring substituents is 1. The van der Waals surface area contributed by atoms with Crippen molar-refractivity contribution in [1.82, 2.24) is 20.2 Å². The van der Waals surface area contributed by atoms with Crippen molar-refractivity contribution >= 4 is 15.8 Å². The molecule has 3 rings (SSSR count). The minimum atomic E-state index is -4.30. The second-order valence-corrected chi connectivity index (χ2v) is 6.43. The summed E-state index contributed by atoms with van der Waals surface area (Å²) >= 11 is 0. The summed E-state index contributed by atoms with van der Waals surface area (Å²) in [5.74, 6) is -0.0638. The number of tetrazole rings is 1. The van der Waals surface area contributed by atoms with Crippen LogP contribution in [0.5, 0.6) is 11.5 Å². The van der Waals surface area contributed by atoms with Crippen molar-refractivity contribution in [3.63, 3.8) is 0 Å². The van der Waals surface area contributed by atoms with Gasteiger partial charge in [0.2, 0.25) is 0 Å². The van der Waals surface area contributed by atoms with Crippen LogP contribution >= 0.6 is 0 Å². The largest absolute Gasteiger partial charge is 0.490 e. The van der Waals surface area contributed by atoms with E-state index in [-0.39, 0.29) is 16.4 Å². The van der Waals surface area contributed by atoms with Crippen LogP contribution in [0.4, 0.5) is 5.69 Å². The molecule has 0 radical (unpaired) electrons. The number of aromatic nitrogens is 4. The molecule has 1 aromatic heterocycles. The van der Waals surface area contributed by atoms with Crippen LogP contribution in [0.1, 0.15) is 0 Å². The number of nitrogens with zero attached hydrogens (tertiary/aromatic N) is 5. The maximum Gasteiger partial charge on any atom is 0.339 e. The van der Waals surface area contributed by atoms with Gasteiger partial charge in [-0.1, -0.05) is 6.07 Å². The molecule has 0 fully saturated rings. The number of hydrogen-bond donors (Lipinski definition) is 0. The molecule has 1 heterocycles. The Kier molecular flexibility index (Phi) is 4.49. The third kappa shape index (κ3) is 3.44. The molecule has 12 heteroatoms. The molecule has 0 N–H and O–H groups in total. The van der Waals surface area contributed by atoms with Gasteiger partial charge in [-0.05, 0) is 34.7 Å². The van der Waals surface area contributed by atoms with E-state index in [2.05, 4.69) is 15.5 Å². The fourth-order valence-electron chi connectivity index (χ4n) is 2.10. The Morgan fingerprint density at radius 2 is 2.00 bits per heavy atom. The molecule has 0 aliphatic carbocycles. The van der Waals surface area contributed by atoms with Gasteiger partial charge >= 0.3 is 15.8 Å². The third-order valence-corrected chi connectivity index (χ3v) is 4.52. The first-order valence-corrected chi connectivity index (χ1v) is 8.42. The van der Waals surface area contributed by atoms with Crippen LogP contribution in [0.25, 0.3) is 5.69 Å². The SMILES string of the molecule is COc1ccc(S(=O)(=O)Oc2cccc(-n3cnnn3)c2)cc1[N+](=O)[O-]. The number of ether oxygens (including phenoxy) is 1. The number of rotatable bonds is 6. The van der Waals surface area contributed by atoms with Gasteiger partial charge in [0.05, 0.1) is 17.7 Å². The van der Waals surface area contributed by atoms with Gasteiger partial charge in [-0.25, -0.2) is 4.68 Å². The monoisotopic (exact) mass is 377 g/mol. The Bertz CT molecular complexity index is 1050. The summed E-state index contributed by atoms with van der Waals surface area (Å²) in [5.41, 5.74) is -0.0111. The molecule has 134 valence electrons. The Labute approximate surface area is 147 Å². The summed E-state index contributed by atoms with van der Waals surface area (Å²) in [6, 6.07) is 9.25. The van der Waals surface area contributed by atoms with Crippen LogP contribution < -0.4 is 8.92 Å². The zero-order chi connectivity index (χ0) is 18.7. The summed E-state index contributed by atoms with van der Waals surface area (Å²) in [6.45, 7) is 0. The van der Waals surface area contributed by atoms with E-state index in [4.69, 9.17) is 8.92 Å². The fourth-order valence-corrected chi connectivity index (χ4v) is 3.04. The van der Waals surface area contributed by atoms with Crippen LogP contribution in [0.3, 0.4) is 0 Å². The molecule has 0 bridgehead atoms. The fraction of sp³-hybridized carbons (Fsp3) is 0.0714. The first kappa shape index (κ1) is 17.3. The van der Waals surface area contributed by atoms with Crippen molar-refractivity contribution in [2.24, 2.45) is 0 Å². The van der Waals surface area contributed by atoms with E-state index >= 15 is 0 Å². The van der Waals surface area contributed by atoms with Crippen molar-refractivity contribution in [1.29, 1.82) is 0 Å². The smallest absolute Gasteiger partial charge is 0.339 e. The summed E-state index contributed by atoms with van der Waals surface area (Å²) in [4.78, 5) is 9.95. The average Bonchev–Trinajstić information content (AvgIpc) is 3.15. The zero-order valence-electron chi connectivity index (χ0n) is 13.2. The molecule has 2 aromatic carbocycles. The van der Waals surface area contributed by atoms with Crippen molar-refractivity contribution < 1.29 is 22.3 Å². The Hall–Kier alpha value is -3.54. The van der Waals surface area contributed by atoms with Gasteiger partial charge in [0, 0.05) is 12.1 Å². The van der Waals surface area contributed by atoms with Crippen LogP contribution in [-0.2, 0) is 10.1 Å². The van der Waals surface area contributed by atoms with E-state index < -0.39 is 20.7 Å². The lowest BCUT2D eigenvalue weighted by Crippen LogP contribution is -2.10. The minimum absolute atomic E-state index is 0.00327. The zero-order valence-corrected chi connectivity index (χ0v) is 14.0. The molecule has 0 saturated carbocycles. The van der Waals surface area contributed by atoms with Gasteiger partial charge in [0.25, 0.3) is 0 Å². The lowest BCUT2D eigenvalue weighted by atomic mass is 10.3. The predicted molar refractivity (Wildman–Crippen MR) is 86.6 cm³/mol. The normalized spacial score (nSPS) is 11.1. The molecule has 0 aliphatic rings. The molecule has 0 amide bonds. The Morgan fingerprint density at radius 3 is 2.65 bits per heavy atom. The van der Waals surface area contributed by atoms with Crippen molar-refractivity contribution in [3.05, 3.63) is 58.9 Å².